The summed E-state index contributed by atoms with van der Waals surface area (Å²) in [5, 5.41) is 6.62. The molecule has 0 aliphatic carbocycles. The molecular formula is C24H25ClFN5O3. The van der Waals surface area contributed by atoms with E-state index < -0.39 is 5.82 Å². The number of carbonyl (C=O) groups excluding carboxylic acids is 1. The third-order valence-corrected chi connectivity index (χ3v) is 5.33. The number of nitrogens with zero attached hydrogens (tertiary/aromatic N) is 3. The van der Waals surface area contributed by atoms with Crippen molar-refractivity contribution in [2.45, 2.75) is 12.5 Å². The molecule has 2 N–H and O–H groups in total. The molecule has 0 saturated carbocycles. The average Bonchev–Trinajstić information content (AvgIpc) is 3.30. The number of rotatable bonds is 8. The van der Waals surface area contributed by atoms with Gasteiger partial charge in [0.2, 0.25) is 11.9 Å². The molecule has 4 rings (SSSR count). The van der Waals surface area contributed by atoms with Crippen LogP contribution in [0.1, 0.15) is 6.42 Å². The molecule has 0 radical (unpaired) electrons. The standard InChI is InChI=1S/C24H25ClFN5O3/c1-31(2)8-3-4-23(32)29-21-10-15-13-27-24(28-16-5-6-19(26)18(25)11-16)30-20(15)12-22(21)34-17-7-9-33-14-17/h3-6,10-13,17H,7-9,14H2,1-2H3,(H,29,32)(H,27,28,30)/t17-/m1/s1. The highest BCUT2D eigenvalue weighted by molar-refractivity contribution is 6.31. The monoisotopic (exact) mass is 485 g/mol. The summed E-state index contributed by atoms with van der Waals surface area (Å²) >= 11 is 5.86. The van der Waals surface area contributed by atoms with Gasteiger partial charge in [0.1, 0.15) is 17.7 Å². The lowest BCUT2D eigenvalue weighted by atomic mass is 10.2. The predicted octanol–water partition coefficient (Wildman–Crippen LogP) is 4.39. The van der Waals surface area contributed by atoms with Gasteiger partial charge in [0.25, 0.3) is 0 Å². The van der Waals surface area contributed by atoms with Gasteiger partial charge in [-0.3, -0.25) is 4.79 Å². The Bertz CT molecular complexity index is 1210. The van der Waals surface area contributed by atoms with Crippen molar-refractivity contribution in [3.05, 3.63) is 59.5 Å². The Morgan fingerprint density at radius 3 is 2.94 bits per heavy atom. The first kappa shape index (κ1) is 23.9. The quantitative estimate of drug-likeness (QED) is 0.457. The third kappa shape index (κ3) is 6.19. The number of likely N-dealkylation sites (N-methyl/N-ethyl adjacent to an activating group) is 1. The van der Waals surface area contributed by atoms with Gasteiger partial charge in [0, 0.05) is 42.4 Å². The van der Waals surface area contributed by atoms with E-state index in [0.29, 0.717) is 53.7 Å². The smallest absolute Gasteiger partial charge is 0.248 e. The molecule has 1 amide bonds. The van der Waals surface area contributed by atoms with Crippen LogP contribution in [0.15, 0.2) is 48.7 Å². The summed E-state index contributed by atoms with van der Waals surface area (Å²) < 4.78 is 25.0. The van der Waals surface area contributed by atoms with Crippen molar-refractivity contribution in [2.24, 2.45) is 0 Å². The number of benzene rings is 2. The lowest BCUT2D eigenvalue weighted by Crippen LogP contribution is -2.18. The summed E-state index contributed by atoms with van der Waals surface area (Å²) in [5.41, 5.74) is 1.69. The molecule has 8 nitrogen and oxygen atoms in total. The van der Waals surface area contributed by atoms with E-state index in [0.717, 1.165) is 6.42 Å². The zero-order valence-electron chi connectivity index (χ0n) is 18.8. The Morgan fingerprint density at radius 1 is 1.35 bits per heavy atom. The number of aromatic nitrogens is 2. The highest BCUT2D eigenvalue weighted by Gasteiger charge is 2.20. The van der Waals surface area contributed by atoms with Gasteiger partial charge < -0.3 is 25.0 Å². The van der Waals surface area contributed by atoms with Crippen molar-refractivity contribution in [1.29, 1.82) is 0 Å². The zero-order chi connectivity index (χ0) is 24.1. The molecule has 0 unspecified atom stereocenters. The van der Waals surface area contributed by atoms with Crippen LogP contribution in [-0.2, 0) is 9.53 Å². The summed E-state index contributed by atoms with van der Waals surface area (Å²) in [6.45, 7) is 1.76. The maximum atomic E-state index is 13.4. The summed E-state index contributed by atoms with van der Waals surface area (Å²) in [6, 6.07) is 7.81. The Balaban J connectivity index is 1.61. The molecule has 34 heavy (non-hydrogen) atoms. The van der Waals surface area contributed by atoms with Gasteiger partial charge in [-0.15, -0.1) is 0 Å². The van der Waals surface area contributed by atoms with Crippen LogP contribution in [0.25, 0.3) is 10.9 Å². The zero-order valence-corrected chi connectivity index (χ0v) is 19.6. The minimum absolute atomic E-state index is 0.000252. The maximum absolute atomic E-state index is 13.4. The van der Waals surface area contributed by atoms with Crippen LogP contribution in [0.3, 0.4) is 0 Å². The molecule has 1 aliphatic heterocycles. The minimum atomic E-state index is -0.504. The van der Waals surface area contributed by atoms with Gasteiger partial charge >= 0.3 is 0 Å². The molecule has 0 spiro atoms. The van der Waals surface area contributed by atoms with Crippen LogP contribution in [0.2, 0.25) is 5.02 Å². The summed E-state index contributed by atoms with van der Waals surface area (Å²) in [5.74, 6) is 0.0390. The van der Waals surface area contributed by atoms with E-state index >= 15 is 0 Å². The Hall–Kier alpha value is -3.27. The van der Waals surface area contributed by atoms with Crippen molar-refractivity contribution in [1.82, 2.24) is 14.9 Å². The van der Waals surface area contributed by atoms with E-state index in [4.69, 9.17) is 21.1 Å². The molecule has 10 heteroatoms. The number of hydrogen-bond donors (Lipinski definition) is 2. The van der Waals surface area contributed by atoms with E-state index in [1.165, 1.54) is 18.2 Å². The number of hydrogen-bond acceptors (Lipinski definition) is 7. The number of carbonyl (C=O) groups is 1. The van der Waals surface area contributed by atoms with Gasteiger partial charge in [-0.2, -0.15) is 0 Å². The first-order valence-corrected chi connectivity index (χ1v) is 11.1. The highest BCUT2D eigenvalue weighted by Crippen LogP contribution is 2.32. The fraction of sp³-hybridized carbons (Fsp3) is 0.292. The third-order valence-electron chi connectivity index (χ3n) is 5.04. The van der Waals surface area contributed by atoms with Crippen LogP contribution in [-0.4, -0.2) is 60.7 Å². The molecule has 0 bridgehead atoms. The van der Waals surface area contributed by atoms with Crippen LogP contribution in [0.5, 0.6) is 5.75 Å². The normalized spacial score (nSPS) is 15.9. The second-order valence-corrected chi connectivity index (χ2v) is 8.52. The molecular weight excluding hydrogens is 461 g/mol. The van der Waals surface area contributed by atoms with Crippen molar-refractivity contribution in [2.75, 3.05) is 44.5 Å². The van der Waals surface area contributed by atoms with Crippen molar-refractivity contribution in [3.8, 4) is 5.75 Å². The lowest BCUT2D eigenvalue weighted by Gasteiger charge is -2.17. The minimum Gasteiger partial charge on any atom is -0.486 e. The molecule has 178 valence electrons. The van der Waals surface area contributed by atoms with E-state index in [-0.39, 0.29) is 17.0 Å². The van der Waals surface area contributed by atoms with Gasteiger partial charge in [0.05, 0.1) is 29.4 Å². The van der Waals surface area contributed by atoms with E-state index in [9.17, 15) is 9.18 Å². The molecule has 1 atom stereocenters. The van der Waals surface area contributed by atoms with E-state index in [1.807, 2.05) is 19.0 Å². The number of amides is 1. The van der Waals surface area contributed by atoms with Crippen molar-refractivity contribution in [3.63, 3.8) is 0 Å². The molecule has 1 aliphatic rings. The number of nitrogens with one attached hydrogen (secondary N) is 2. The van der Waals surface area contributed by atoms with Gasteiger partial charge in [-0.1, -0.05) is 17.7 Å². The van der Waals surface area contributed by atoms with Crippen molar-refractivity contribution < 1.29 is 18.7 Å². The van der Waals surface area contributed by atoms with Gasteiger partial charge in [-0.05, 0) is 38.4 Å². The number of ether oxygens (including phenoxy) is 2. The van der Waals surface area contributed by atoms with Gasteiger partial charge in [-0.25, -0.2) is 14.4 Å². The average molecular weight is 486 g/mol. The van der Waals surface area contributed by atoms with E-state index in [2.05, 4.69) is 20.6 Å². The Kier molecular flexibility index (Phi) is 7.56. The number of halogens is 2. The Labute approximate surface area is 201 Å². The van der Waals surface area contributed by atoms with Crippen LogP contribution < -0.4 is 15.4 Å². The lowest BCUT2D eigenvalue weighted by molar-refractivity contribution is -0.111. The topological polar surface area (TPSA) is 88.6 Å². The first-order valence-electron chi connectivity index (χ1n) is 10.8. The number of anilines is 3. The largest absolute Gasteiger partial charge is 0.486 e. The van der Waals surface area contributed by atoms with Crippen molar-refractivity contribution >= 4 is 45.7 Å². The summed E-state index contributed by atoms with van der Waals surface area (Å²) in [7, 11) is 3.85. The fourth-order valence-corrected chi connectivity index (χ4v) is 3.53. The van der Waals surface area contributed by atoms with Crippen LogP contribution in [0.4, 0.5) is 21.7 Å². The second kappa shape index (κ2) is 10.8. The summed E-state index contributed by atoms with van der Waals surface area (Å²) in [6.07, 6.45) is 5.55. The maximum Gasteiger partial charge on any atom is 0.248 e. The highest BCUT2D eigenvalue weighted by atomic mass is 35.5. The fourth-order valence-electron chi connectivity index (χ4n) is 3.35. The molecule has 1 aromatic heterocycles. The Morgan fingerprint density at radius 2 is 2.21 bits per heavy atom. The number of fused-ring (bicyclic) bond motifs is 1. The SMILES string of the molecule is CN(C)CC=CC(=O)Nc1cc2cnc(Nc3ccc(F)c(Cl)c3)nc2cc1O[C@@H]1CCOC1. The van der Waals surface area contributed by atoms with Crippen LogP contribution in [0, 0.1) is 5.82 Å². The molecule has 2 aromatic carbocycles. The molecule has 2 heterocycles. The van der Waals surface area contributed by atoms with E-state index in [1.54, 1.807) is 30.5 Å². The first-order chi connectivity index (χ1) is 16.4. The molecule has 1 fully saturated rings. The molecule has 3 aromatic rings. The van der Waals surface area contributed by atoms with Crippen LogP contribution >= 0.6 is 11.6 Å². The van der Waals surface area contributed by atoms with Gasteiger partial charge in [0.15, 0.2) is 0 Å². The second-order valence-electron chi connectivity index (χ2n) is 8.11. The predicted molar refractivity (Wildman–Crippen MR) is 130 cm³/mol. The summed E-state index contributed by atoms with van der Waals surface area (Å²) in [4.78, 5) is 23.3. The molecule has 1 saturated heterocycles.